The number of hydrogen-bond acceptors (Lipinski definition) is 2. The number of phenols is 1. The van der Waals surface area contributed by atoms with Gasteiger partial charge >= 0.3 is 0 Å². The molecule has 2 aliphatic carbocycles. The minimum Gasteiger partial charge on any atom is -0.508 e. The number of aromatic hydroxyl groups is 1. The van der Waals surface area contributed by atoms with Crippen molar-refractivity contribution in [1.29, 1.82) is 0 Å². The van der Waals surface area contributed by atoms with Gasteiger partial charge in [0.1, 0.15) is 5.75 Å². The molecule has 2 nitrogen and oxygen atoms in total. The first-order chi connectivity index (χ1) is 9.72. The topological polar surface area (TPSA) is 29.5 Å². The fourth-order valence-electron chi connectivity index (χ4n) is 4.60. The van der Waals surface area contributed by atoms with E-state index in [0.717, 1.165) is 25.9 Å². The Morgan fingerprint density at radius 2 is 2.25 bits per heavy atom. The number of phenolic OH excluding ortho intramolecular Hbond substituents is 1. The maximum Gasteiger partial charge on any atom is 0.115 e. The van der Waals surface area contributed by atoms with E-state index >= 15 is 0 Å². The van der Waals surface area contributed by atoms with Gasteiger partial charge in [-0.1, -0.05) is 12.0 Å². The highest BCUT2D eigenvalue weighted by molar-refractivity contribution is 5.40. The standard InChI is InChI=1S/C18H20O2/c1-2-14-11-20-18(14)8-7-17-13(10-18)4-3-12-9-15(19)5-6-16(12)17/h1,5-6,9,13-14,17,19H,3-4,7-8,10-11H2. The van der Waals surface area contributed by atoms with E-state index in [1.165, 1.54) is 24.0 Å². The van der Waals surface area contributed by atoms with E-state index in [4.69, 9.17) is 11.2 Å². The SMILES string of the molecule is C#CC1COC12CCC1c3ccc(O)cc3CCC1C2. The molecule has 0 radical (unpaired) electrons. The maximum atomic E-state index is 9.64. The van der Waals surface area contributed by atoms with E-state index in [9.17, 15) is 5.11 Å². The minimum absolute atomic E-state index is 0.00958. The van der Waals surface area contributed by atoms with Crippen molar-refractivity contribution in [2.75, 3.05) is 6.61 Å². The van der Waals surface area contributed by atoms with Gasteiger partial charge in [-0.2, -0.15) is 0 Å². The minimum atomic E-state index is -0.00958. The Hall–Kier alpha value is -1.46. The summed E-state index contributed by atoms with van der Waals surface area (Å²) in [6.07, 6.45) is 11.3. The zero-order valence-electron chi connectivity index (χ0n) is 11.6. The number of fused-ring (bicyclic) bond motifs is 3. The third kappa shape index (κ3) is 1.63. The Morgan fingerprint density at radius 3 is 3.00 bits per heavy atom. The molecule has 1 aromatic rings. The molecule has 4 rings (SSSR count). The number of hydrogen-bond donors (Lipinski definition) is 1. The number of benzene rings is 1. The number of ether oxygens (including phenoxy) is 1. The van der Waals surface area contributed by atoms with Gasteiger partial charge in [-0.15, -0.1) is 6.42 Å². The van der Waals surface area contributed by atoms with E-state index in [-0.39, 0.29) is 5.60 Å². The van der Waals surface area contributed by atoms with Crippen LogP contribution in [0.1, 0.15) is 42.7 Å². The van der Waals surface area contributed by atoms with Crippen molar-refractivity contribution >= 4 is 0 Å². The van der Waals surface area contributed by atoms with Crippen molar-refractivity contribution in [3.8, 4) is 18.1 Å². The second-order valence-corrected chi connectivity index (χ2v) is 6.63. The molecule has 0 bridgehead atoms. The lowest BCUT2D eigenvalue weighted by molar-refractivity contribution is -0.209. The summed E-state index contributed by atoms with van der Waals surface area (Å²) in [4.78, 5) is 0. The summed E-state index contributed by atoms with van der Waals surface area (Å²) in [6.45, 7) is 0.748. The van der Waals surface area contributed by atoms with Crippen molar-refractivity contribution in [2.45, 2.75) is 43.6 Å². The molecular weight excluding hydrogens is 248 g/mol. The Balaban J connectivity index is 1.62. The Labute approximate surface area is 120 Å². The van der Waals surface area contributed by atoms with Crippen molar-refractivity contribution in [1.82, 2.24) is 0 Å². The smallest absolute Gasteiger partial charge is 0.115 e. The van der Waals surface area contributed by atoms with Crippen LogP contribution in [0.2, 0.25) is 0 Å². The molecule has 4 atom stereocenters. The molecule has 1 N–H and O–H groups in total. The zero-order chi connectivity index (χ0) is 13.7. The molecule has 1 spiro atoms. The van der Waals surface area contributed by atoms with Crippen LogP contribution in [0.5, 0.6) is 5.75 Å². The molecule has 2 fully saturated rings. The highest BCUT2D eigenvalue weighted by atomic mass is 16.5. The summed E-state index contributed by atoms with van der Waals surface area (Å²) < 4.78 is 5.94. The highest BCUT2D eigenvalue weighted by Gasteiger charge is 2.53. The van der Waals surface area contributed by atoms with E-state index in [1.807, 2.05) is 12.1 Å². The first-order valence-corrected chi connectivity index (χ1v) is 7.64. The van der Waals surface area contributed by atoms with E-state index in [0.29, 0.717) is 23.5 Å². The fraction of sp³-hybridized carbons (Fsp3) is 0.556. The maximum absolute atomic E-state index is 9.64. The van der Waals surface area contributed by atoms with E-state index in [1.54, 1.807) is 0 Å². The van der Waals surface area contributed by atoms with Crippen LogP contribution in [0.15, 0.2) is 18.2 Å². The molecule has 0 aromatic heterocycles. The van der Waals surface area contributed by atoms with Gasteiger partial charge in [0.2, 0.25) is 0 Å². The first-order valence-electron chi connectivity index (χ1n) is 7.64. The molecule has 2 heteroatoms. The molecule has 1 aromatic carbocycles. The van der Waals surface area contributed by atoms with Crippen molar-refractivity contribution < 1.29 is 9.84 Å². The quantitative estimate of drug-likeness (QED) is 0.732. The molecule has 1 aliphatic heterocycles. The Kier molecular flexibility index (Phi) is 2.62. The molecular formula is C18H20O2. The van der Waals surface area contributed by atoms with Crippen molar-refractivity contribution in [2.24, 2.45) is 11.8 Å². The zero-order valence-corrected chi connectivity index (χ0v) is 11.6. The number of terminal acetylenes is 1. The van der Waals surface area contributed by atoms with Gasteiger partial charge in [-0.05, 0) is 67.2 Å². The predicted molar refractivity (Wildman–Crippen MR) is 77.5 cm³/mol. The second-order valence-electron chi connectivity index (χ2n) is 6.63. The van der Waals surface area contributed by atoms with Gasteiger partial charge in [0.15, 0.2) is 0 Å². The van der Waals surface area contributed by atoms with Gasteiger partial charge in [0.25, 0.3) is 0 Å². The lowest BCUT2D eigenvalue weighted by Gasteiger charge is -2.54. The van der Waals surface area contributed by atoms with Crippen LogP contribution in [0, 0.1) is 24.2 Å². The average molecular weight is 268 g/mol. The molecule has 1 saturated heterocycles. The third-order valence-electron chi connectivity index (χ3n) is 5.74. The first kappa shape index (κ1) is 12.3. The predicted octanol–water partition coefficient (Wildman–Crippen LogP) is 3.24. The summed E-state index contributed by atoms with van der Waals surface area (Å²) in [5.41, 5.74) is 2.78. The summed E-state index contributed by atoms with van der Waals surface area (Å²) >= 11 is 0. The summed E-state index contributed by atoms with van der Waals surface area (Å²) in [6, 6.07) is 5.90. The van der Waals surface area contributed by atoms with Crippen LogP contribution in [0.4, 0.5) is 0 Å². The number of rotatable bonds is 0. The van der Waals surface area contributed by atoms with Gasteiger partial charge < -0.3 is 9.84 Å². The Bertz CT molecular complexity index is 586. The summed E-state index contributed by atoms with van der Waals surface area (Å²) in [5, 5.41) is 9.64. The number of aryl methyl sites for hydroxylation is 1. The van der Waals surface area contributed by atoms with Gasteiger partial charge in [0, 0.05) is 0 Å². The van der Waals surface area contributed by atoms with Crippen molar-refractivity contribution in [3.05, 3.63) is 29.3 Å². The lowest BCUT2D eigenvalue weighted by Crippen LogP contribution is -2.56. The van der Waals surface area contributed by atoms with Crippen molar-refractivity contribution in [3.63, 3.8) is 0 Å². The van der Waals surface area contributed by atoms with Crippen LogP contribution in [-0.4, -0.2) is 17.3 Å². The highest BCUT2D eigenvalue weighted by Crippen LogP contribution is 2.54. The molecule has 20 heavy (non-hydrogen) atoms. The van der Waals surface area contributed by atoms with Crippen LogP contribution >= 0.6 is 0 Å². The monoisotopic (exact) mass is 268 g/mol. The molecule has 1 heterocycles. The summed E-state index contributed by atoms with van der Waals surface area (Å²) in [5.74, 6) is 4.97. The normalized spacial score (nSPS) is 38.5. The second kappa shape index (κ2) is 4.27. The largest absolute Gasteiger partial charge is 0.508 e. The van der Waals surface area contributed by atoms with Gasteiger partial charge in [-0.25, -0.2) is 0 Å². The molecule has 4 unspecified atom stereocenters. The fourth-order valence-corrected chi connectivity index (χ4v) is 4.60. The average Bonchev–Trinajstić information content (AvgIpc) is 2.45. The lowest BCUT2D eigenvalue weighted by atomic mass is 9.60. The van der Waals surface area contributed by atoms with Gasteiger partial charge in [-0.3, -0.25) is 0 Å². The Morgan fingerprint density at radius 1 is 1.35 bits per heavy atom. The summed E-state index contributed by atoms with van der Waals surface area (Å²) in [7, 11) is 0. The molecule has 0 amide bonds. The van der Waals surface area contributed by atoms with E-state index < -0.39 is 0 Å². The van der Waals surface area contributed by atoms with Crippen LogP contribution in [-0.2, 0) is 11.2 Å². The van der Waals surface area contributed by atoms with Gasteiger partial charge in [0.05, 0.1) is 18.1 Å². The molecule has 3 aliphatic rings. The van der Waals surface area contributed by atoms with Crippen LogP contribution in [0.3, 0.4) is 0 Å². The molecule has 104 valence electrons. The van der Waals surface area contributed by atoms with E-state index in [2.05, 4.69) is 12.0 Å². The van der Waals surface area contributed by atoms with Crippen LogP contribution < -0.4 is 0 Å². The van der Waals surface area contributed by atoms with Crippen LogP contribution in [0.25, 0.3) is 0 Å². The molecule has 1 saturated carbocycles. The third-order valence-corrected chi connectivity index (χ3v) is 5.74.